The van der Waals surface area contributed by atoms with Crippen molar-refractivity contribution in [2.45, 2.75) is 34.1 Å². The van der Waals surface area contributed by atoms with E-state index in [0.717, 1.165) is 19.6 Å². The first-order valence-electron chi connectivity index (χ1n) is 4.66. The molecular weight excluding hydrogens is 152 g/mol. The fourth-order valence-electron chi connectivity index (χ4n) is 0.747. The highest BCUT2D eigenvalue weighted by Gasteiger charge is 2.15. The van der Waals surface area contributed by atoms with E-state index >= 15 is 0 Å². The highest BCUT2D eigenvalue weighted by atomic mass is 16.5. The normalized spacial score (nSPS) is 12.5. The van der Waals surface area contributed by atoms with Crippen LogP contribution in [0.2, 0.25) is 0 Å². The van der Waals surface area contributed by atoms with Crippen molar-refractivity contribution in [2.24, 2.45) is 11.3 Å². The molecule has 1 N–H and O–H groups in total. The van der Waals surface area contributed by atoms with Crippen molar-refractivity contribution in [1.82, 2.24) is 0 Å². The van der Waals surface area contributed by atoms with E-state index in [1.165, 1.54) is 0 Å². The van der Waals surface area contributed by atoms with Gasteiger partial charge in [0.25, 0.3) is 0 Å². The Kier molecular flexibility index (Phi) is 5.51. The highest BCUT2D eigenvalue weighted by Crippen LogP contribution is 2.18. The summed E-state index contributed by atoms with van der Waals surface area (Å²) in [6.45, 7) is 10.2. The molecule has 0 aliphatic rings. The Balaban J connectivity index is 3.31. The Morgan fingerprint density at radius 2 is 1.92 bits per heavy atom. The standard InChI is InChI=1S/C10H22O2/c1-9(2)7-12-6-5-10(3,4)8-11/h9,11H,5-8H2,1-4H3. The van der Waals surface area contributed by atoms with Crippen molar-refractivity contribution in [2.75, 3.05) is 19.8 Å². The van der Waals surface area contributed by atoms with Gasteiger partial charge in [-0.15, -0.1) is 0 Å². The molecule has 12 heavy (non-hydrogen) atoms. The number of rotatable bonds is 6. The maximum atomic E-state index is 8.95. The molecule has 0 aliphatic carbocycles. The third-order valence-electron chi connectivity index (χ3n) is 1.80. The van der Waals surface area contributed by atoms with E-state index in [1.54, 1.807) is 0 Å². The van der Waals surface area contributed by atoms with Crippen molar-refractivity contribution in [1.29, 1.82) is 0 Å². The summed E-state index contributed by atoms with van der Waals surface area (Å²) in [5.41, 5.74) is 0.0109. The lowest BCUT2D eigenvalue weighted by Gasteiger charge is -2.21. The van der Waals surface area contributed by atoms with Crippen molar-refractivity contribution >= 4 is 0 Å². The molecule has 0 saturated heterocycles. The van der Waals surface area contributed by atoms with Crippen LogP contribution in [0.5, 0.6) is 0 Å². The molecule has 0 amide bonds. The molecule has 2 nitrogen and oxygen atoms in total. The summed E-state index contributed by atoms with van der Waals surface area (Å²) in [4.78, 5) is 0. The number of aliphatic hydroxyl groups is 1. The van der Waals surface area contributed by atoms with Crippen LogP contribution < -0.4 is 0 Å². The Morgan fingerprint density at radius 3 is 2.33 bits per heavy atom. The van der Waals surface area contributed by atoms with Crippen LogP contribution in [-0.4, -0.2) is 24.9 Å². The first-order chi connectivity index (χ1) is 5.48. The second kappa shape index (κ2) is 5.55. The molecule has 0 heterocycles. The molecule has 0 aliphatic heterocycles. The van der Waals surface area contributed by atoms with E-state index in [2.05, 4.69) is 13.8 Å². The van der Waals surface area contributed by atoms with E-state index in [0.29, 0.717) is 5.92 Å². The van der Waals surface area contributed by atoms with Gasteiger partial charge in [0.05, 0.1) is 0 Å². The number of ether oxygens (including phenoxy) is 1. The van der Waals surface area contributed by atoms with Crippen LogP contribution >= 0.6 is 0 Å². The molecule has 0 spiro atoms. The summed E-state index contributed by atoms with van der Waals surface area (Å²) in [6.07, 6.45) is 0.927. The van der Waals surface area contributed by atoms with Gasteiger partial charge in [-0.2, -0.15) is 0 Å². The number of hydrogen-bond acceptors (Lipinski definition) is 2. The first kappa shape index (κ1) is 11.9. The summed E-state index contributed by atoms with van der Waals surface area (Å²) in [6, 6.07) is 0. The van der Waals surface area contributed by atoms with Gasteiger partial charge in [0.2, 0.25) is 0 Å². The zero-order valence-corrected chi connectivity index (χ0v) is 8.76. The Bertz CT molecular complexity index is 108. The van der Waals surface area contributed by atoms with Crippen molar-refractivity contribution in [3.63, 3.8) is 0 Å². The molecule has 0 radical (unpaired) electrons. The zero-order chi connectivity index (χ0) is 9.61. The van der Waals surface area contributed by atoms with Gasteiger partial charge in [-0.3, -0.25) is 0 Å². The van der Waals surface area contributed by atoms with Crippen LogP contribution in [0, 0.1) is 11.3 Å². The van der Waals surface area contributed by atoms with Crippen LogP contribution in [0.1, 0.15) is 34.1 Å². The molecule has 0 atom stereocenters. The minimum atomic E-state index is 0.0109. The average Bonchev–Trinajstić information content (AvgIpc) is 1.98. The molecule has 74 valence electrons. The third kappa shape index (κ3) is 6.62. The summed E-state index contributed by atoms with van der Waals surface area (Å²) >= 11 is 0. The van der Waals surface area contributed by atoms with Gasteiger partial charge in [-0.05, 0) is 17.8 Å². The van der Waals surface area contributed by atoms with E-state index in [4.69, 9.17) is 9.84 Å². The Morgan fingerprint density at radius 1 is 1.33 bits per heavy atom. The van der Waals surface area contributed by atoms with Gasteiger partial charge in [0.1, 0.15) is 0 Å². The lowest BCUT2D eigenvalue weighted by atomic mass is 9.91. The fraction of sp³-hybridized carbons (Fsp3) is 1.00. The minimum absolute atomic E-state index is 0.0109. The van der Waals surface area contributed by atoms with Crippen LogP contribution in [0.4, 0.5) is 0 Å². The maximum Gasteiger partial charge on any atom is 0.0488 e. The second-order valence-corrected chi connectivity index (χ2v) is 4.54. The van der Waals surface area contributed by atoms with E-state index in [-0.39, 0.29) is 12.0 Å². The SMILES string of the molecule is CC(C)COCCC(C)(C)CO. The third-order valence-corrected chi connectivity index (χ3v) is 1.80. The van der Waals surface area contributed by atoms with Crippen molar-refractivity contribution < 1.29 is 9.84 Å². The van der Waals surface area contributed by atoms with Crippen LogP contribution in [0.25, 0.3) is 0 Å². The lowest BCUT2D eigenvalue weighted by molar-refractivity contribution is 0.0636. The number of aliphatic hydroxyl groups excluding tert-OH is 1. The fourth-order valence-corrected chi connectivity index (χ4v) is 0.747. The summed E-state index contributed by atoms with van der Waals surface area (Å²) in [7, 11) is 0. The molecule has 0 unspecified atom stereocenters. The highest BCUT2D eigenvalue weighted by molar-refractivity contribution is 4.65. The topological polar surface area (TPSA) is 29.5 Å². The maximum absolute atomic E-state index is 8.95. The van der Waals surface area contributed by atoms with E-state index in [9.17, 15) is 0 Å². The van der Waals surface area contributed by atoms with Gasteiger partial charge >= 0.3 is 0 Å². The largest absolute Gasteiger partial charge is 0.396 e. The molecule has 0 saturated carbocycles. The number of hydrogen-bond donors (Lipinski definition) is 1. The van der Waals surface area contributed by atoms with E-state index in [1.807, 2.05) is 13.8 Å². The summed E-state index contributed by atoms with van der Waals surface area (Å²) in [5, 5.41) is 8.95. The van der Waals surface area contributed by atoms with Crippen molar-refractivity contribution in [3.05, 3.63) is 0 Å². The lowest BCUT2D eigenvalue weighted by Crippen LogP contribution is -2.19. The first-order valence-corrected chi connectivity index (χ1v) is 4.66. The summed E-state index contributed by atoms with van der Waals surface area (Å²) in [5.74, 6) is 0.599. The summed E-state index contributed by atoms with van der Waals surface area (Å²) < 4.78 is 5.42. The molecule has 0 bridgehead atoms. The van der Waals surface area contributed by atoms with Gasteiger partial charge in [-0.25, -0.2) is 0 Å². The van der Waals surface area contributed by atoms with Crippen LogP contribution in [0.3, 0.4) is 0 Å². The van der Waals surface area contributed by atoms with Crippen molar-refractivity contribution in [3.8, 4) is 0 Å². The molecular formula is C10H22O2. The van der Waals surface area contributed by atoms with Gasteiger partial charge < -0.3 is 9.84 Å². The second-order valence-electron chi connectivity index (χ2n) is 4.54. The monoisotopic (exact) mass is 174 g/mol. The quantitative estimate of drug-likeness (QED) is 0.625. The molecule has 0 aromatic heterocycles. The van der Waals surface area contributed by atoms with Gasteiger partial charge in [-0.1, -0.05) is 27.7 Å². The van der Waals surface area contributed by atoms with E-state index < -0.39 is 0 Å². The van der Waals surface area contributed by atoms with Gasteiger partial charge in [0, 0.05) is 19.8 Å². The Labute approximate surface area is 75.9 Å². The minimum Gasteiger partial charge on any atom is -0.396 e. The molecule has 0 rings (SSSR count). The predicted octanol–water partition coefficient (Wildman–Crippen LogP) is 2.07. The van der Waals surface area contributed by atoms with Crippen LogP contribution in [-0.2, 0) is 4.74 Å². The Hall–Kier alpha value is -0.0800. The predicted molar refractivity (Wildman–Crippen MR) is 51.1 cm³/mol. The molecule has 0 aromatic carbocycles. The zero-order valence-electron chi connectivity index (χ0n) is 8.76. The van der Waals surface area contributed by atoms with Crippen LogP contribution in [0.15, 0.2) is 0 Å². The smallest absolute Gasteiger partial charge is 0.0488 e. The van der Waals surface area contributed by atoms with Gasteiger partial charge in [0.15, 0.2) is 0 Å². The molecule has 0 aromatic rings. The molecule has 0 fully saturated rings. The molecule has 2 heteroatoms. The average molecular weight is 174 g/mol.